The first-order valence-corrected chi connectivity index (χ1v) is 7.11. The van der Waals surface area contributed by atoms with Gasteiger partial charge in [0, 0.05) is 18.5 Å². The number of carbonyl (C=O) groups is 1. The van der Waals surface area contributed by atoms with Gasteiger partial charge in [-0.25, -0.2) is 0 Å². The van der Waals surface area contributed by atoms with E-state index in [9.17, 15) is 4.79 Å². The van der Waals surface area contributed by atoms with Gasteiger partial charge in [-0.1, -0.05) is 30.7 Å². The highest BCUT2D eigenvalue weighted by Crippen LogP contribution is 2.17. The fraction of sp³-hybridized carbons (Fsp3) is 0.312. The topological polar surface area (TPSA) is 33.5 Å². The Bertz CT molecular complexity index is 551. The zero-order chi connectivity index (χ0) is 14.4. The van der Waals surface area contributed by atoms with Crippen molar-refractivity contribution in [2.24, 2.45) is 0 Å². The average molecular weight is 292 g/mol. The predicted molar refractivity (Wildman–Crippen MR) is 80.1 cm³/mol. The van der Waals surface area contributed by atoms with Crippen molar-refractivity contribution in [2.75, 3.05) is 13.1 Å². The highest BCUT2D eigenvalue weighted by Gasteiger charge is 2.12. The van der Waals surface area contributed by atoms with Gasteiger partial charge in [0.25, 0.3) is 0 Å². The molecule has 0 bridgehead atoms. The Kier molecular flexibility index (Phi) is 5.39. The van der Waals surface area contributed by atoms with Crippen molar-refractivity contribution in [2.45, 2.75) is 19.9 Å². The first-order chi connectivity index (χ1) is 9.70. The van der Waals surface area contributed by atoms with Crippen LogP contribution >= 0.6 is 11.6 Å². The average Bonchev–Trinajstić information content (AvgIpc) is 2.96. The normalized spacial score (nSPS) is 10.9. The molecule has 1 heterocycles. The maximum absolute atomic E-state index is 12.2. The number of Topliss-reactive ketones (excluding diaryl/α,β-unsaturated/α-hetero) is 1. The van der Waals surface area contributed by atoms with Gasteiger partial charge in [-0.15, -0.1) is 0 Å². The van der Waals surface area contributed by atoms with Crippen molar-refractivity contribution < 1.29 is 9.21 Å². The molecule has 0 amide bonds. The van der Waals surface area contributed by atoms with Crippen LogP contribution < -0.4 is 0 Å². The van der Waals surface area contributed by atoms with Crippen LogP contribution in [0.3, 0.4) is 0 Å². The largest absolute Gasteiger partial charge is 0.468 e. The second-order valence-corrected chi connectivity index (χ2v) is 5.01. The van der Waals surface area contributed by atoms with E-state index >= 15 is 0 Å². The van der Waals surface area contributed by atoms with E-state index < -0.39 is 0 Å². The predicted octanol–water partition coefficient (Wildman–Crippen LogP) is 4.03. The third kappa shape index (κ3) is 3.95. The van der Waals surface area contributed by atoms with Gasteiger partial charge < -0.3 is 4.42 Å². The summed E-state index contributed by atoms with van der Waals surface area (Å²) >= 11 is 6.03. The molecule has 0 radical (unpaired) electrons. The number of furan rings is 1. The smallest absolute Gasteiger partial charge is 0.165 e. The Labute approximate surface area is 124 Å². The molecule has 2 aromatic rings. The van der Waals surface area contributed by atoms with Crippen molar-refractivity contribution in [3.8, 4) is 0 Å². The van der Waals surface area contributed by atoms with E-state index in [1.165, 1.54) is 0 Å². The summed E-state index contributed by atoms with van der Waals surface area (Å²) in [5.41, 5.74) is 0.600. The van der Waals surface area contributed by atoms with Crippen LogP contribution in [0.15, 0.2) is 47.1 Å². The summed E-state index contributed by atoms with van der Waals surface area (Å²) in [6, 6.07) is 11.0. The Morgan fingerprint density at radius 1 is 1.25 bits per heavy atom. The maximum atomic E-state index is 12.2. The zero-order valence-electron chi connectivity index (χ0n) is 11.5. The van der Waals surface area contributed by atoms with Crippen LogP contribution in [-0.4, -0.2) is 23.8 Å². The first kappa shape index (κ1) is 14.8. The molecule has 0 atom stereocenters. The van der Waals surface area contributed by atoms with Crippen molar-refractivity contribution >= 4 is 17.4 Å². The quantitative estimate of drug-likeness (QED) is 0.722. The van der Waals surface area contributed by atoms with Gasteiger partial charge in [-0.2, -0.15) is 0 Å². The summed E-state index contributed by atoms with van der Waals surface area (Å²) < 4.78 is 5.33. The molecule has 4 heteroatoms. The SMILES string of the molecule is CCN(CCC(=O)c1ccccc1Cl)Cc1ccco1. The Morgan fingerprint density at radius 3 is 2.70 bits per heavy atom. The third-order valence-corrected chi connectivity index (χ3v) is 3.57. The lowest BCUT2D eigenvalue weighted by atomic mass is 10.1. The van der Waals surface area contributed by atoms with E-state index in [1.54, 1.807) is 18.4 Å². The van der Waals surface area contributed by atoms with Crippen LogP contribution in [-0.2, 0) is 6.54 Å². The minimum Gasteiger partial charge on any atom is -0.468 e. The molecule has 0 N–H and O–H groups in total. The van der Waals surface area contributed by atoms with Gasteiger partial charge in [0.15, 0.2) is 5.78 Å². The highest BCUT2D eigenvalue weighted by atomic mass is 35.5. The number of hydrogen-bond acceptors (Lipinski definition) is 3. The summed E-state index contributed by atoms with van der Waals surface area (Å²) in [6.45, 7) is 4.36. The lowest BCUT2D eigenvalue weighted by molar-refractivity contribution is 0.0962. The fourth-order valence-electron chi connectivity index (χ4n) is 2.05. The summed E-state index contributed by atoms with van der Waals surface area (Å²) in [5, 5.41) is 0.520. The molecule has 3 nitrogen and oxygen atoms in total. The highest BCUT2D eigenvalue weighted by molar-refractivity contribution is 6.33. The van der Waals surface area contributed by atoms with Crippen LogP contribution in [0.1, 0.15) is 29.5 Å². The van der Waals surface area contributed by atoms with Crippen LogP contribution in [0, 0.1) is 0 Å². The Morgan fingerprint density at radius 2 is 2.05 bits per heavy atom. The van der Waals surface area contributed by atoms with Gasteiger partial charge >= 0.3 is 0 Å². The Balaban J connectivity index is 1.90. The molecule has 0 fully saturated rings. The van der Waals surface area contributed by atoms with Crippen LogP contribution in [0.25, 0.3) is 0 Å². The van der Waals surface area contributed by atoms with Gasteiger partial charge in [0.05, 0.1) is 17.8 Å². The number of benzene rings is 1. The number of ketones is 1. The van der Waals surface area contributed by atoms with E-state index in [0.29, 0.717) is 23.6 Å². The molecule has 0 spiro atoms. The molecule has 0 unspecified atom stereocenters. The minimum atomic E-state index is 0.0773. The molecular weight excluding hydrogens is 274 g/mol. The standard InChI is InChI=1S/C16H18ClNO2/c1-2-18(12-13-6-5-11-20-13)10-9-16(19)14-7-3-4-8-15(14)17/h3-8,11H,2,9-10,12H2,1H3. The van der Waals surface area contributed by atoms with Crippen LogP contribution in [0.2, 0.25) is 5.02 Å². The molecule has 0 aliphatic rings. The molecule has 0 aliphatic heterocycles. The molecule has 2 rings (SSSR count). The van der Waals surface area contributed by atoms with Crippen molar-refractivity contribution in [3.05, 3.63) is 59.0 Å². The fourth-order valence-corrected chi connectivity index (χ4v) is 2.29. The summed E-state index contributed by atoms with van der Waals surface area (Å²) in [5.74, 6) is 0.991. The van der Waals surface area contributed by atoms with Crippen LogP contribution in [0.4, 0.5) is 0 Å². The van der Waals surface area contributed by atoms with E-state index in [2.05, 4.69) is 11.8 Å². The first-order valence-electron chi connectivity index (χ1n) is 6.73. The van der Waals surface area contributed by atoms with Crippen molar-refractivity contribution in [3.63, 3.8) is 0 Å². The third-order valence-electron chi connectivity index (χ3n) is 3.24. The molecule has 0 saturated heterocycles. The minimum absolute atomic E-state index is 0.0773. The number of nitrogens with zero attached hydrogens (tertiary/aromatic N) is 1. The molecule has 20 heavy (non-hydrogen) atoms. The monoisotopic (exact) mass is 291 g/mol. The van der Waals surface area contributed by atoms with Gasteiger partial charge in [0.1, 0.15) is 5.76 Å². The number of rotatable bonds is 7. The second-order valence-electron chi connectivity index (χ2n) is 4.60. The summed E-state index contributed by atoms with van der Waals surface area (Å²) in [4.78, 5) is 14.3. The summed E-state index contributed by atoms with van der Waals surface area (Å²) in [7, 11) is 0. The van der Waals surface area contributed by atoms with Crippen molar-refractivity contribution in [1.82, 2.24) is 4.90 Å². The molecule has 1 aromatic heterocycles. The number of hydrogen-bond donors (Lipinski definition) is 0. The summed E-state index contributed by atoms with van der Waals surface area (Å²) in [6.07, 6.45) is 2.12. The van der Waals surface area contributed by atoms with Gasteiger partial charge in [-0.3, -0.25) is 9.69 Å². The maximum Gasteiger partial charge on any atom is 0.165 e. The Hall–Kier alpha value is -1.58. The number of carbonyl (C=O) groups excluding carboxylic acids is 1. The molecule has 0 saturated carbocycles. The van der Waals surface area contributed by atoms with Gasteiger partial charge in [0.2, 0.25) is 0 Å². The van der Waals surface area contributed by atoms with E-state index in [1.807, 2.05) is 24.3 Å². The van der Waals surface area contributed by atoms with E-state index in [4.69, 9.17) is 16.0 Å². The van der Waals surface area contributed by atoms with Crippen molar-refractivity contribution in [1.29, 1.82) is 0 Å². The van der Waals surface area contributed by atoms with Crippen LogP contribution in [0.5, 0.6) is 0 Å². The van der Waals surface area contributed by atoms with Gasteiger partial charge in [-0.05, 0) is 30.8 Å². The van der Waals surface area contributed by atoms with E-state index in [0.717, 1.165) is 18.8 Å². The lowest BCUT2D eigenvalue weighted by Gasteiger charge is -2.18. The zero-order valence-corrected chi connectivity index (χ0v) is 12.3. The number of halogens is 1. The molecule has 0 aliphatic carbocycles. The lowest BCUT2D eigenvalue weighted by Crippen LogP contribution is -2.25. The van der Waals surface area contributed by atoms with E-state index in [-0.39, 0.29) is 5.78 Å². The molecular formula is C16H18ClNO2. The molecule has 106 valence electrons. The molecule has 1 aromatic carbocycles. The second kappa shape index (κ2) is 7.27.